The predicted octanol–water partition coefficient (Wildman–Crippen LogP) is 1.90. The molecule has 3 heterocycles. The number of ether oxygens (including phenoxy) is 2. The number of rotatable bonds is 2. The molecule has 0 radical (unpaired) electrons. The molecule has 1 spiro atoms. The van der Waals surface area contributed by atoms with Crippen LogP contribution in [0.1, 0.15) is 58.8 Å². The van der Waals surface area contributed by atoms with Crippen molar-refractivity contribution in [3.8, 4) is 0 Å². The van der Waals surface area contributed by atoms with Crippen LogP contribution in [0.2, 0.25) is 0 Å². The minimum absolute atomic E-state index is 0.0499. The van der Waals surface area contributed by atoms with Crippen molar-refractivity contribution in [1.29, 1.82) is 0 Å². The summed E-state index contributed by atoms with van der Waals surface area (Å²) < 4.78 is 13.7. The Kier molecular flexibility index (Phi) is 4.76. The molecular formula is C17H29N5O3. The molecule has 140 valence electrons. The van der Waals surface area contributed by atoms with Crippen LogP contribution in [0.5, 0.6) is 0 Å². The van der Waals surface area contributed by atoms with Crippen LogP contribution < -0.4 is 5.32 Å². The Morgan fingerprint density at radius 1 is 1.48 bits per heavy atom. The molecule has 8 nitrogen and oxygen atoms in total. The van der Waals surface area contributed by atoms with Crippen LogP contribution >= 0.6 is 0 Å². The van der Waals surface area contributed by atoms with Gasteiger partial charge in [0.1, 0.15) is 11.2 Å². The first-order valence-corrected chi connectivity index (χ1v) is 8.97. The van der Waals surface area contributed by atoms with E-state index in [1.54, 1.807) is 11.1 Å². The Morgan fingerprint density at radius 3 is 2.92 bits per heavy atom. The van der Waals surface area contributed by atoms with Crippen LogP contribution in [-0.2, 0) is 9.47 Å². The van der Waals surface area contributed by atoms with Gasteiger partial charge in [-0.25, -0.2) is 9.48 Å². The summed E-state index contributed by atoms with van der Waals surface area (Å²) in [6.45, 7) is 12.3. The lowest BCUT2D eigenvalue weighted by Gasteiger charge is -2.41. The highest BCUT2D eigenvalue weighted by atomic mass is 16.6. The summed E-state index contributed by atoms with van der Waals surface area (Å²) >= 11 is 0. The smallest absolute Gasteiger partial charge is 0.410 e. The molecule has 1 aromatic rings. The van der Waals surface area contributed by atoms with E-state index in [0.29, 0.717) is 19.7 Å². The third-order valence-electron chi connectivity index (χ3n) is 4.67. The van der Waals surface area contributed by atoms with Gasteiger partial charge in [0, 0.05) is 19.1 Å². The number of aromatic nitrogens is 3. The van der Waals surface area contributed by atoms with Crippen molar-refractivity contribution in [1.82, 2.24) is 25.2 Å². The van der Waals surface area contributed by atoms with Crippen LogP contribution in [0.3, 0.4) is 0 Å². The third-order valence-corrected chi connectivity index (χ3v) is 4.67. The van der Waals surface area contributed by atoms with E-state index in [2.05, 4.69) is 29.5 Å². The fourth-order valence-corrected chi connectivity index (χ4v) is 3.60. The lowest BCUT2D eigenvalue weighted by Crippen LogP contribution is -2.54. The normalized spacial score (nSPS) is 27.3. The van der Waals surface area contributed by atoms with Gasteiger partial charge < -0.3 is 19.7 Å². The van der Waals surface area contributed by atoms with Crippen LogP contribution in [0.15, 0.2) is 6.20 Å². The van der Waals surface area contributed by atoms with Crippen LogP contribution in [0.4, 0.5) is 4.79 Å². The minimum atomic E-state index is -0.502. The van der Waals surface area contributed by atoms with Gasteiger partial charge in [0.15, 0.2) is 0 Å². The highest BCUT2D eigenvalue weighted by Crippen LogP contribution is 2.40. The number of hydrogen-bond acceptors (Lipinski definition) is 6. The molecule has 1 N–H and O–H groups in total. The summed E-state index contributed by atoms with van der Waals surface area (Å²) in [5.74, 6) is 0. The van der Waals surface area contributed by atoms with Crippen molar-refractivity contribution in [2.24, 2.45) is 0 Å². The Balaban J connectivity index is 1.81. The molecule has 0 bridgehead atoms. The van der Waals surface area contributed by atoms with Gasteiger partial charge >= 0.3 is 6.09 Å². The maximum absolute atomic E-state index is 12.5. The fraction of sp³-hybridized carbons (Fsp3) is 0.824. The lowest BCUT2D eigenvalue weighted by molar-refractivity contribution is -0.0922. The molecule has 2 saturated heterocycles. The van der Waals surface area contributed by atoms with E-state index in [4.69, 9.17) is 9.47 Å². The molecule has 1 aromatic heterocycles. The first-order valence-electron chi connectivity index (χ1n) is 8.97. The zero-order valence-electron chi connectivity index (χ0n) is 15.8. The Bertz CT molecular complexity index is 624. The highest BCUT2D eigenvalue weighted by molar-refractivity contribution is 5.68. The molecule has 2 atom stereocenters. The SMILES string of the molecule is CC(C)n1nncc1C1NCCOC12CCN(C(=O)OC(C)(C)C)C2. The maximum Gasteiger partial charge on any atom is 0.410 e. The molecule has 25 heavy (non-hydrogen) atoms. The van der Waals surface area contributed by atoms with E-state index in [9.17, 15) is 4.79 Å². The van der Waals surface area contributed by atoms with E-state index < -0.39 is 11.2 Å². The molecule has 1 amide bonds. The van der Waals surface area contributed by atoms with Crippen molar-refractivity contribution in [2.75, 3.05) is 26.2 Å². The standard InChI is InChI=1S/C17H29N5O3/c1-12(2)22-13(10-19-20-22)14-17(24-9-7-18-14)6-8-21(11-17)15(23)25-16(3,4)5/h10,12,14,18H,6-9,11H2,1-5H3. The maximum atomic E-state index is 12.5. The molecule has 0 saturated carbocycles. The lowest BCUT2D eigenvalue weighted by atomic mass is 9.89. The second-order valence-electron chi connectivity index (χ2n) is 8.15. The number of carbonyl (C=O) groups excluding carboxylic acids is 1. The molecular weight excluding hydrogens is 322 g/mol. The highest BCUT2D eigenvalue weighted by Gasteiger charge is 2.51. The van der Waals surface area contributed by atoms with Gasteiger partial charge in [0.05, 0.1) is 31.1 Å². The van der Waals surface area contributed by atoms with Crippen molar-refractivity contribution in [3.05, 3.63) is 11.9 Å². The quantitative estimate of drug-likeness (QED) is 0.876. The van der Waals surface area contributed by atoms with E-state index in [0.717, 1.165) is 18.7 Å². The van der Waals surface area contributed by atoms with Gasteiger partial charge in [0.25, 0.3) is 0 Å². The monoisotopic (exact) mass is 351 g/mol. The van der Waals surface area contributed by atoms with Gasteiger partial charge in [-0.05, 0) is 41.0 Å². The predicted molar refractivity (Wildman–Crippen MR) is 92.3 cm³/mol. The average Bonchev–Trinajstić information content (AvgIpc) is 3.14. The molecule has 0 aliphatic carbocycles. The van der Waals surface area contributed by atoms with Gasteiger partial charge in [-0.2, -0.15) is 0 Å². The summed E-state index contributed by atoms with van der Waals surface area (Å²) in [7, 11) is 0. The summed E-state index contributed by atoms with van der Waals surface area (Å²) in [6.07, 6.45) is 2.27. The number of hydrogen-bond donors (Lipinski definition) is 1. The topological polar surface area (TPSA) is 81.5 Å². The molecule has 0 aromatic carbocycles. The molecule has 8 heteroatoms. The summed E-state index contributed by atoms with van der Waals surface area (Å²) in [6, 6.07) is 0.160. The molecule has 2 fully saturated rings. The number of nitrogens with zero attached hydrogens (tertiary/aromatic N) is 4. The summed E-state index contributed by atoms with van der Waals surface area (Å²) in [5.41, 5.74) is 0.0300. The Labute approximate surface area is 148 Å². The van der Waals surface area contributed by atoms with E-state index in [-0.39, 0.29) is 18.2 Å². The summed E-state index contributed by atoms with van der Waals surface area (Å²) in [4.78, 5) is 14.2. The average molecular weight is 351 g/mol. The van der Waals surface area contributed by atoms with Crippen LogP contribution in [0, 0.1) is 0 Å². The first-order chi connectivity index (χ1) is 11.7. The van der Waals surface area contributed by atoms with Crippen molar-refractivity contribution in [2.45, 2.75) is 64.3 Å². The van der Waals surface area contributed by atoms with Gasteiger partial charge in [-0.1, -0.05) is 5.21 Å². The van der Waals surface area contributed by atoms with E-state index in [1.165, 1.54) is 0 Å². The molecule has 3 rings (SSSR count). The van der Waals surface area contributed by atoms with Gasteiger partial charge in [0.2, 0.25) is 0 Å². The number of nitrogens with one attached hydrogen (secondary N) is 1. The minimum Gasteiger partial charge on any atom is -0.444 e. The number of amides is 1. The Hall–Kier alpha value is -1.67. The fourth-order valence-electron chi connectivity index (χ4n) is 3.60. The van der Waals surface area contributed by atoms with Crippen molar-refractivity contribution in [3.63, 3.8) is 0 Å². The molecule has 2 aliphatic heterocycles. The molecule has 2 unspecified atom stereocenters. The Morgan fingerprint density at radius 2 is 2.24 bits per heavy atom. The largest absolute Gasteiger partial charge is 0.444 e. The molecule has 2 aliphatic rings. The second kappa shape index (κ2) is 6.57. The van der Waals surface area contributed by atoms with Crippen LogP contribution in [0.25, 0.3) is 0 Å². The van der Waals surface area contributed by atoms with Crippen LogP contribution in [-0.4, -0.2) is 63.4 Å². The zero-order chi connectivity index (χ0) is 18.2. The summed E-state index contributed by atoms with van der Waals surface area (Å²) in [5, 5.41) is 11.9. The number of carbonyl (C=O) groups is 1. The number of likely N-dealkylation sites (tertiary alicyclic amines) is 1. The van der Waals surface area contributed by atoms with Gasteiger partial charge in [-0.15, -0.1) is 5.10 Å². The van der Waals surface area contributed by atoms with Gasteiger partial charge in [-0.3, -0.25) is 0 Å². The van der Waals surface area contributed by atoms with Crippen molar-refractivity contribution >= 4 is 6.09 Å². The van der Waals surface area contributed by atoms with E-state index in [1.807, 2.05) is 25.5 Å². The second-order valence-corrected chi connectivity index (χ2v) is 8.15. The van der Waals surface area contributed by atoms with E-state index >= 15 is 0 Å². The third kappa shape index (κ3) is 3.64. The van der Waals surface area contributed by atoms with Crippen molar-refractivity contribution < 1.29 is 14.3 Å². The zero-order valence-corrected chi connectivity index (χ0v) is 15.8. The number of morpholine rings is 1. The first kappa shape index (κ1) is 18.1.